The zero-order valence-corrected chi connectivity index (χ0v) is 16.3. The van der Waals surface area contributed by atoms with Crippen LogP contribution in [0.1, 0.15) is 13.3 Å². The Bertz CT molecular complexity index is 1230. The van der Waals surface area contributed by atoms with Gasteiger partial charge in [-0.15, -0.1) is 0 Å². The first-order valence-electron chi connectivity index (χ1n) is 9.54. The van der Waals surface area contributed by atoms with Crippen molar-refractivity contribution in [3.05, 3.63) is 77.1 Å². The van der Waals surface area contributed by atoms with Crippen LogP contribution in [0.2, 0.25) is 0 Å². The number of hydrogen-bond acceptors (Lipinski definition) is 5. The fourth-order valence-electron chi connectivity index (χ4n) is 3.31. The highest BCUT2D eigenvalue weighted by atomic mass is 19.1. The van der Waals surface area contributed by atoms with Crippen LogP contribution in [0, 0.1) is 5.82 Å². The Morgan fingerprint density at radius 2 is 1.87 bits per heavy atom. The highest BCUT2D eigenvalue weighted by Crippen LogP contribution is 2.24. The molecule has 0 bridgehead atoms. The van der Waals surface area contributed by atoms with E-state index in [9.17, 15) is 14.0 Å². The number of amides is 1. The van der Waals surface area contributed by atoms with Crippen LogP contribution in [-0.4, -0.2) is 27.2 Å². The van der Waals surface area contributed by atoms with E-state index in [1.807, 2.05) is 37.3 Å². The molecule has 0 saturated heterocycles. The summed E-state index contributed by atoms with van der Waals surface area (Å²) in [6.45, 7) is 2.59. The van der Waals surface area contributed by atoms with E-state index in [2.05, 4.69) is 10.1 Å². The van der Waals surface area contributed by atoms with Crippen molar-refractivity contribution >= 4 is 22.7 Å². The van der Waals surface area contributed by atoms with E-state index < -0.39 is 0 Å². The van der Waals surface area contributed by atoms with Gasteiger partial charge >= 0.3 is 0 Å². The second-order valence-electron chi connectivity index (χ2n) is 6.68. The molecule has 2 aromatic heterocycles. The first-order chi connectivity index (χ1) is 14.6. The molecule has 2 aromatic carbocycles. The predicted octanol–water partition coefficient (Wildman–Crippen LogP) is 3.63. The van der Waals surface area contributed by atoms with Gasteiger partial charge in [-0.1, -0.05) is 23.4 Å². The van der Waals surface area contributed by atoms with Crippen LogP contribution in [0.15, 0.2) is 70.2 Å². The molecule has 2 heterocycles. The standard InChI is InChI=1S/C22H19FN4O3/c1-2-27(17-6-4-3-5-7-17)18(28)12-13-26-14-24-21-19(22(26)29)20(25-30-21)15-8-10-16(23)11-9-15/h3-11,14H,2,12-13H2,1H3. The Hall–Kier alpha value is -3.81. The molecule has 7 nitrogen and oxygen atoms in total. The third-order valence-electron chi connectivity index (χ3n) is 4.83. The molecule has 0 radical (unpaired) electrons. The van der Waals surface area contributed by atoms with Gasteiger partial charge in [-0.2, -0.15) is 0 Å². The molecule has 30 heavy (non-hydrogen) atoms. The van der Waals surface area contributed by atoms with Crippen molar-refractivity contribution in [2.24, 2.45) is 0 Å². The topological polar surface area (TPSA) is 81.2 Å². The summed E-state index contributed by atoms with van der Waals surface area (Å²) in [6.07, 6.45) is 1.48. The summed E-state index contributed by atoms with van der Waals surface area (Å²) in [5.41, 5.74) is 1.38. The molecule has 0 spiro atoms. The van der Waals surface area contributed by atoms with Gasteiger partial charge < -0.3 is 9.42 Å². The molecule has 0 aliphatic heterocycles. The number of carbonyl (C=O) groups is 1. The fraction of sp³-hybridized carbons (Fsp3) is 0.182. The zero-order chi connectivity index (χ0) is 21.1. The summed E-state index contributed by atoms with van der Waals surface area (Å²) in [5, 5.41) is 4.13. The third kappa shape index (κ3) is 3.71. The molecule has 0 atom stereocenters. The summed E-state index contributed by atoms with van der Waals surface area (Å²) in [5.74, 6) is -0.487. The van der Waals surface area contributed by atoms with Gasteiger partial charge in [0, 0.05) is 30.8 Å². The van der Waals surface area contributed by atoms with E-state index in [-0.39, 0.29) is 41.3 Å². The van der Waals surface area contributed by atoms with Crippen molar-refractivity contribution < 1.29 is 13.7 Å². The average molecular weight is 406 g/mol. The van der Waals surface area contributed by atoms with Crippen LogP contribution in [0.5, 0.6) is 0 Å². The van der Waals surface area contributed by atoms with Gasteiger partial charge in [0.25, 0.3) is 11.3 Å². The average Bonchev–Trinajstić information content (AvgIpc) is 3.20. The van der Waals surface area contributed by atoms with Gasteiger partial charge in [-0.25, -0.2) is 9.37 Å². The number of nitrogens with zero attached hydrogens (tertiary/aromatic N) is 4. The number of hydrogen-bond donors (Lipinski definition) is 0. The van der Waals surface area contributed by atoms with Gasteiger partial charge in [0.05, 0.1) is 0 Å². The second-order valence-corrected chi connectivity index (χ2v) is 6.68. The molecule has 0 unspecified atom stereocenters. The highest BCUT2D eigenvalue weighted by Gasteiger charge is 2.18. The maximum Gasteiger partial charge on any atom is 0.266 e. The van der Waals surface area contributed by atoms with Crippen molar-refractivity contribution in [1.29, 1.82) is 0 Å². The molecule has 4 rings (SSSR count). The molecular formula is C22H19FN4O3. The van der Waals surface area contributed by atoms with Crippen LogP contribution in [0.3, 0.4) is 0 Å². The number of aryl methyl sites for hydroxylation is 1. The van der Waals surface area contributed by atoms with Crippen molar-refractivity contribution in [1.82, 2.24) is 14.7 Å². The minimum Gasteiger partial charge on any atom is -0.335 e. The lowest BCUT2D eigenvalue weighted by molar-refractivity contribution is -0.118. The summed E-state index contributed by atoms with van der Waals surface area (Å²) >= 11 is 0. The van der Waals surface area contributed by atoms with Crippen LogP contribution in [-0.2, 0) is 11.3 Å². The van der Waals surface area contributed by atoms with Crippen molar-refractivity contribution in [2.75, 3.05) is 11.4 Å². The number of aromatic nitrogens is 3. The molecule has 152 valence electrons. The third-order valence-corrected chi connectivity index (χ3v) is 4.83. The molecule has 8 heteroatoms. The van der Waals surface area contributed by atoms with E-state index in [1.165, 1.54) is 35.2 Å². The maximum absolute atomic E-state index is 13.2. The van der Waals surface area contributed by atoms with Gasteiger partial charge in [0.1, 0.15) is 23.2 Å². The van der Waals surface area contributed by atoms with Crippen LogP contribution in [0.25, 0.3) is 22.4 Å². The Morgan fingerprint density at radius 3 is 2.57 bits per heavy atom. The van der Waals surface area contributed by atoms with Crippen LogP contribution >= 0.6 is 0 Å². The van der Waals surface area contributed by atoms with Gasteiger partial charge in [0.15, 0.2) is 0 Å². The Balaban J connectivity index is 1.60. The monoisotopic (exact) mass is 406 g/mol. The predicted molar refractivity (Wildman–Crippen MR) is 111 cm³/mol. The fourth-order valence-corrected chi connectivity index (χ4v) is 3.31. The molecule has 1 amide bonds. The molecule has 0 aliphatic rings. The van der Waals surface area contributed by atoms with Crippen LogP contribution in [0.4, 0.5) is 10.1 Å². The van der Waals surface area contributed by atoms with E-state index in [4.69, 9.17) is 4.52 Å². The number of para-hydroxylation sites is 1. The lowest BCUT2D eigenvalue weighted by Crippen LogP contribution is -2.32. The lowest BCUT2D eigenvalue weighted by Gasteiger charge is -2.21. The van der Waals surface area contributed by atoms with E-state index >= 15 is 0 Å². The minimum atomic E-state index is -0.389. The molecule has 0 aliphatic carbocycles. The van der Waals surface area contributed by atoms with Crippen LogP contribution < -0.4 is 10.5 Å². The minimum absolute atomic E-state index is 0.0974. The molecule has 0 saturated carbocycles. The molecule has 0 N–H and O–H groups in total. The van der Waals surface area contributed by atoms with E-state index in [1.54, 1.807) is 4.90 Å². The van der Waals surface area contributed by atoms with Gasteiger partial charge in [0.2, 0.25) is 5.91 Å². The quantitative estimate of drug-likeness (QED) is 0.488. The van der Waals surface area contributed by atoms with Gasteiger partial charge in [-0.05, 0) is 43.3 Å². The number of benzene rings is 2. The first-order valence-corrected chi connectivity index (χ1v) is 9.54. The highest BCUT2D eigenvalue weighted by molar-refractivity contribution is 5.93. The number of anilines is 1. The summed E-state index contributed by atoms with van der Waals surface area (Å²) in [4.78, 5) is 31.5. The molecule has 0 fully saturated rings. The smallest absolute Gasteiger partial charge is 0.266 e. The Kier molecular flexibility index (Phi) is 5.38. The normalized spacial score (nSPS) is 11.0. The van der Waals surface area contributed by atoms with Crippen molar-refractivity contribution in [3.63, 3.8) is 0 Å². The molecule has 4 aromatic rings. The van der Waals surface area contributed by atoms with Gasteiger partial charge in [-0.3, -0.25) is 14.2 Å². The van der Waals surface area contributed by atoms with E-state index in [0.29, 0.717) is 17.8 Å². The second kappa shape index (κ2) is 8.28. The SMILES string of the molecule is CCN(C(=O)CCn1cnc2onc(-c3ccc(F)cc3)c2c1=O)c1ccccc1. The zero-order valence-electron chi connectivity index (χ0n) is 16.3. The Labute approximate surface area is 171 Å². The Morgan fingerprint density at radius 1 is 1.13 bits per heavy atom. The number of halogens is 1. The van der Waals surface area contributed by atoms with Crippen molar-refractivity contribution in [3.8, 4) is 11.3 Å². The largest absolute Gasteiger partial charge is 0.335 e. The number of fused-ring (bicyclic) bond motifs is 1. The summed E-state index contributed by atoms with van der Waals surface area (Å²) in [6, 6.07) is 15.0. The lowest BCUT2D eigenvalue weighted by atomic mass is 10.1. The summed E-state index contributed by atoms with van der Waals surface area (Å²) < 4.78 is 19.8. The maximum atomic E-state index is 13.2. The van der Waals surface area contributed by atoms with Crippen molar-refractivity contribution in [2.45, 2.75) is 19.9 Å². The number of carbonyl (C=O) groups excluding carboxylic acids is 1. The van der Waals surface area contributed by atoms with E-state index in [0.717, 1.165) is 5.69 Å². The first kappa shape index (κ1) is 19.5. The molecular weight excluding hydrogens is 387 g/mol. The summed E-state index contributed by atoms with van der Waals surface area (Å²) in [7, 11) is 0. The number of rotatable bonds is 6.